The standard InChI is InChI=1S/C37H55NO4/c1-24(22-39)26-13-18-37(32(42)38-21-25-9-7-6-8-10-25)20-19-35(4)27(31(26)37)11-12-29-33(2)16-15-30(41)34(3,23-40)28(33)14-17-36(29,35)5/h6-10,26-31,39-41H,1,11-23H2,2-5H3,(H,38,42)/t26-,27?,28+,29+,30?,31+,33-,34-,35+,36+,37-/m0/s1. The molecule has 2 unspecified atom stereocenters. The zero-order valence-electron chi connectivity index (χ0n) is 26.5. The summed E-state index contributed by atoms with van der Waals surface area (Å²) in [5.41, 5.74) is 1.48. The first-order valence-electron chi connectivity index (χ1n) is 16.8. The van der Waals surface area contributed by atoms with Crippen LogP contribution in [0.1, 0.15) is 97.5 Å². The monoisotopic (exact) mass is 577 g/mol. The third-order valence-corrected chi connectivity index (χ3v) is 15.0. The Morgan fingerprint density at radius 2 is 1.62 bits per heavy atom. The molecule has 232 valence electrons. The zero-order chi connectivity index (χ0) is 30.1. The molecule has 6 rings (SSSR count). The number of carbonyl (C=O) groups is 1. The molecule has 5 nitrogen and oxygen atoms in total. The molecule has 0 saturated heterocycles. The number of aliphatic hydroxyl groups excluding tert-OH is 3. The molecule has 0 aliphatic heterocycles. The van der Waals surface area contributed by atoms with Gasteiger partial charge in [-0.05, 0) is 121 Å². The number of rotatable bonds is 6. The molecule has 1 amide bonds. The van der Waals surface area contributed by atoms with Crippen molar-refractivity contribution in [1.82, 2.24) is 5.32 Å². The Morgan fingerprint density at radius 3 is 2.31 bits per heavy atom. The quantitative estimate of drug-likeness (QED) is 0.300. The van der Waals surface area contributed by atoms with Crippen LogP contribution < -0.4 is 5.32 Å². The first-order valence-corrected chi connectivity index (χ1v) is 16.8. The highest BCUT2D eigenvalue weighted by Gasteiger charge is 2.72. The van der Waals surface area contributed by atoms with E-state index in [4.69, 9.17) is 0 Å². The van der Waals surface area contributed by atoms with Crippen molar-refractivity contribution in [3.63, 3.8) is 0 Å². The molecule has 0 bridgehead atoms. The number of carbonyl (C=O) groups excluding carboxylic acids is 1. The van der Waals surface area contributed by atoms with Crippen molar-refractivity contribution in [2.24, 2.45) is 56.7 Å². The summed E-state index contributed by atoms with van der Waals surface area (Å²) < 4.78 is 0. The lowest BCUT2D eigenvalue weighted by Gasteiger charge is -2.73. The van der Waals surface area contributed by atoms with Gasteiger partial charge in [-0.1, -0.05) is 64.6 Å². The summed E-state index contributed by atoms with van der Waals surface area (Å²) in [6, 6.07) is 10.2. The third kappa shape index (κ3) is 4.01. The van der Waals surface area contributed by atoms with E-state index in [1.165, 1.54) is 0 Å². The second-order valence-electron chi connectivity index (χ2n) is 16.2. The zero-order valence-corrected chi connectivity index (χ0v) is 26.5. The average Bonchev–Trinajstić information content (AvgIpc) is 3.39. The van der Waals surface area contributed by atoms with Gasteiger partial charge in [0.1, 0.15) is 0 Å². The van der Waals surface area contributed by atoms with Crippen molar-refractivity contribution < 1.29 is 20.1 Å². The number of fused-ring (bicyclic) bond motifs is 7. The number of nitrogens with one attached hydrogen (secondary N) is 1. The number of amides is 1. The van der Waals surface area contributed by atoms with Gasteiger partial charge in [0, 0.05) is 12.0 Å². The molecule has 5 saturated carbocycles. The maximum absolute atomic E-state index is 14.3. The molecule has 42 heavy (non-hydrogen) atoms. The van der Waals surface area contributed by atoms with Gasteiger partial charge in [-0.25, -0.2) is 0 Å². The van der Waals surface area contributed by atoms with E-state index < -0.39 is 16.9 Å². The predicted octanol–water partition coefficient (Wildman–Crippen LogP) is 6.27. The summed E-state index contributed by atoms with van der Waals surface area (Å²) in [4.78, 5) is 14.3. The van der Waals surface area contributed by atoms with E-state index in [2.05, 4.69) is 51.7 Å². The van der Waals surface area contributed by atoms with Gasteiger partial charge in [-0.15, -0.1) is 0 Å². The molecule has 4 N–H and O–H groups in total. The van der Waals surface area contributed by atoms with E-state index in [1.54, 1.807) is 0 Å². The summed E-state index contributed by atoms with van der Waals surface area (Å²) in [7, 11) is 0. The molecule has 5 fully saturated rings. The van der Waals surface area contributed by atoms with Gasteiger partial charge in [0.25, 0.3) is 0 Å². The van der Waals surface area contributed by atoms with Gasteiger partial charge >= 0.3 is 0 Å². The van der Waals surface area contributed by atoms with Gasteiger partial charge in [0.05, 0.1) is 24.7 Å². The summed E-state index contributed by atoms with van der Waals surface area (Å²) in [6.07, 6.45) is 9.50. The van der Waals surface area contributed by atoms with Crippen LogP contribution in [0.5, 0.6) is 0 Å². The second-order valence-corrected chi connectivity index (χ2v) is 16.2. The van der Waals surface area contributed by atoms with Gasteiger partial charge in [-0.3, -0.25) is 4.79 Å². The van der Waals surface area contributed by atoms with Gasteiger partial charge in [0.15, 0.2) is 0 Å². The van der Waals surface area contributed by atoms with Gasteiger partial charge in [-0.2, -0.15) is 0 Å². The Hall–Kier alpha value is -1.69. The molecule has 5 heteroatoms. The Morgan fingerprint density at radius 1 is 0.881 bits per heavy atom. The Bertz CT molecular complexity index is 1200. The minimum absolute atomic E-state index is 0.00592. The number of hydrogen-bond acceptors (Lipinski definition) is 4. The maximum Gasteiger partial charge on any atom is 0.226 e. The first-order chi connectivity index (χ1) is 19.9. The minimum atomic E-state index is -0.444. The lowest BCUT2D eigenvalue weighted by Crippen LogP contribution is -2.68. The van der Waals surface area contributed by atoms with Crippen molar-refractivity contribution in [3.8, 4) is 0 Å². The average molecular weight is 578 g/mol. The fourth-order valence-electron chi connectivity index (χ4n) is 12.5. The Kier molecular flexibility index (Phi) is 7.55. The molecule has 1 aromatic carbocycles. The van der Waals surface area contributed by atoms with E-state index in [1.807, 2.05) is 18.2 Å². The van der Waals surface area contributed by atoms with Crippen LogP contribution >= 0.6 is 0 Å². The van der Waals surface area contributed by atoms with Gasteiger partial charge < -0.3 is 20.6 Å². The normalized spacial score (nSPS) is 47.9. The number of hydrogen-bond donors (Lipinski definition) is 4. The topological polar surface area (TPSA) is 89.8 Å². The molecular weight excluding hydrogens is 522 g/mol. The molecule has 0 aromatic heterocycles. The Labute approximate surface area is 253 Å². The summed E-state index contributed by atoms with van der Waals surface area (Å²) in [5.74, 6) is 1.84. The molecular formula is C37H55NO4. The van der Waals surface area contributed by atoms with E-state index in [9.17, 15) is 20.1 Å². The van der Waals surface area contributed by atoms with E-state index in [0.717, 1.165) is 75.3 Å². The fourth-order valence-corrected chi connectivity index (χ4v) is 12.5. The minimum Gasteiger partial charge on any atom is -0.396 e. The van der Waals surface area contributed by atoms with Crippen molar-refractivity contribution >= 4 is 5.91 Å². The van der Waals surface area contributed by atoms with Crippen LogP contribution in [0.2, 0.25) is 0 Å². The molecule has 0 radical (unpaired) electrons. The van der Waals surface area contributed by atoms with Crippen molar-refractivity contribution in [2.45, 2.75) is 105 Å². The highest BCUT2D eigenvalue weighted by atomic mass is 16.3. The molecule has 11 atom stereocenters. The highest BCUT2D eigenvalue weighted by molar-refractivity contribution is 5.84. The molecule has 0 heterocycles. The smallest absolute Gasteiger partial charge is 0.226 e. The molecule has 1 aromatic rings. The van der Waals surface area contributed by atoms with Crippen LogP contribution in [0.15, 0.2) is 42.5 Å². The second kappa shape index (κ2) is 10.4. The van der Waals surface area contributed by atoms with E-state index in [-0.39, 0.29) is 47.2 Å². The fraction of sp³-hybridized carbons (Fsp3) is 0.757. The third-order valence-electron chi connectivity index (χ3n) is 15.0. The lowest BCUT2D eigenvalue weighted by atomic mass is 9.32. The summed E-state index contributed by atoms with van der Waals surface area (Å²) in [5, 5.41) is 35.2. The predicted molar refractivity (Wildman–Crippen MR) is 166 cm³/mol. The largest absolute Gasteiger partial charge is 0.396 e. The first kappa shape index (κ1) is 30.3. The van der Waals surface area contributed by atoms with Crippen LogP contribution in [0.4, 0.5) is 0 Å². The Balaban J connectivity index is 1.35. The lowest BCUT2D eigenvalue weighted by molar-refractivity contribution is -0.253. The maximum atomic E-state index is 14.3. The van der Waals surface area contributed by atoms with Crippen molar-refractivity contribution in [2.75, 3.05) is 13.2 Å². The molecule has 5 aliphatic carbocycles. The van der Waals surface area contributed by atoms with Crippen LogP contribution in [-0.2, 0) is 11.3 Å². The number of benzene rings is 1. The van der Waals surface area contributed by atoms with Crippen LogP contribution in [0.25, 0.3) is 0 Å². The molecule has 0 spiro atoms. The molecule has 5 aliphatic rings. The van der Waals surface area contributed by atoms with E-state index in [0.29, 0.717) is 24.3 Å². The van der Waals surface area contributed by atoms with Crippen molar-refractivity contribution in [1.29, 1.82) is 0 Å². The van der Waals surface area contributed by atoms with Crippen LogP contribution in [-0.4, -0.2) is 40.5 Å². The summed E-state index contributed by atoms with van der Waals surface area (Å²) in [6.45, 7) is 14.7. The van der Waals surface area contributed by atoms with Crippen molar-refractivity contribution in [3.05, 3.63) is 48.0 Å². The van der Waals surface area contributed by atoms with Crippen LogP contribution in [0, 0.1) is 56.7 Å². The SMILES string of the molecule is C=C(CO)[C@@H]1CC[C@]2(C(=O)NCc3ccccc3)CC[C@]3(C)C(CC[C@@H]4[C@@]5(C)CCC(O)[C@@](C)(CO)[C@@H]5CC[C@]43C)[C@@H]12. The highest BCUT2D eigenvalue weighted by Crippen LogP contribution is 2.77. The van der Waals surface area contributed by atoms with Crippen LogP contribution in [0.3, 0.4) is 0 Å². The summed E-state index contributed by atoms with van der Waals surface area (Å²) >= 11 is 0. The van der Waals surface area contributed by atoms with E-state index >= 15 is 0 Å². The number of aliphatic hydroxyl groups is 3. The van der Waals surface area contributed by atoms with Gasteiger partial charge in [0.2, 0.25) is 5.91 Å².